The molecule has 1 saturated heterocycles. The van der Waals surface area contributed by atoms with Crippen molar-refractivity contribution in [1.82, 2.24) is 4.90 Å². The molecule has 1 aromatic carbocycles. The molecule has 1 fully saturated rings. The topological polar surface area (TPSA) is 41.6 Å². The number of likely N-dealkylation sites (tertiary alicyclic amines) is 1. The van der Waals surface area contributed by atoms with E-state index in [0.29, 0.717) is 5.92 Å². The molecule has 2 aliphatic rings. The highest BCUT2D eigenvalue weighted by molar-refractivity contribution is 5.95. The van der Waals surface area contributed by atoms with Gasteiger partial charge in [-0.05, 0) is 36.6 Å². The number of benzene rings is 1. The molecule has 2 aliphatic heterocycles. The van der Waals surface area contributed by atoms with Crippen molar-refractivity contribution < 1.29 is 9.53 Å². The maximum absolute atomic E-state index is 12.5. The Labute approximate surface area is 113 Å². The van der Waals surface area contributed by atoms with Gasteiger partial charge in [0.15, 0.2) is 0 Å². The lowest BCUT2D eigenvalue weighted by atomic mass is 10.1. The number of carbonyl (C=O) groups is 1. The predicted octanol–water partition coefficient (Wildman–Crippen LogP) is 1.76. The molecule has 0 radical (unpaired) electrons. The van der Waals surface area contributed by atoms with Crippen molar-refractivity contribution in [2.75, 3.05) is 38.7 Å². The molecule has 102 valence electrons. The summed E-state index contributed by atoms with van der Waals surface area (Å²) in [6.45, 7) is 3.40. The monoisotopic (exact) mass is 260 g/mol. The zero-order valence-corrected chi connectivity index (χ0v) is 11.3. The largest absolute Gasteiger partial charge is 0.384 e. The molecule has 0 spiro atoms. The average molecular weight is 260 g/mol. The number of carbonyl (C=O) groups excluding carboxylic acids is 1. The number of rotatable bonds is 3. The van der Waals surface area contributed by atoms with E-state index in [0.717, 1.165) is 44.6 Å². The van der Waals surface area contributed by atoms with Crippen molar-refractivity contribution in [3.8, 4) is 0 Å². The molecule has 2 heterocycles. The fraction of sp³-hybridized carbons (Fsp3) is 0.533. The molecule has 0 aromatic heterocycles. The Bertz CT molecular complexity index is 487. The summed E-state index contributed by atoms with van der Waals surface area (Å²) in [6, 6.07) is 6.00. The van der Waals surface area contributed by atoms with Crippen LogP contribution in [0.15, 0.2) is 18.2 Å². The lowest BCUT2D eigenvalue weighted by molar-refractivity contribution is 0.0775. The zero-order chi connectivity index (χ0) is 13.2. The van der Waals surface area contributed by atoms with Gasteiger partial charge in [0.2, 0.25) is 0 Å². The van der Waals surface area contributed by atoms with E-state index >= 15 is 0 Å². The van der Waals surface area contributed by atoms with Crippen LogP contribution in [0, 0.1) is 5.92 Å². The number of nitrogens with zero attached hydrogens (tertiary/aromatic N) is 1. The number of hydrogen-bond donors (Lipinski definition) is 1. The second-order valence-electron chi connectivity index (χ2n) is 5.41. The number of amides is 1. The summed E-state index contributed by atoms with van der Waals surface area (Å²) in [5.74, 6) is 0.651. The van der Waals surface area contributed by atoms with E-state index < -0.39 is 0 Å². The molecule has 1 atom stereocenters. The normalized spacial score (nSPS) is 21.3. The van der Waals surface area contributed by atoms with E-state index in [1.807, 2.05) is 23.1 Å². The summed E-state index contributed by atoms with van der Waals surface area (Å²) in [6.07, 6.45) is 2.06. The van der Waals surface area contributed by atoms with E-state index in [1.165, 1.54) is 11.3 Å². The molecule has 3 rings (SSSR count). The van der Waals surface area contributed by atoms with Gasteiger partial charge in [0.1, 0.15) is 0 Å². The van der Waals surface area contributed by atoms with Crippen LogP contribution >= 0.6 is 0 Å². The van der Waals surface area contributed by atoms with Crippen LogP contribution in [0.1, 0.15) is 22.3 Å². The van der Waals surface area contributed by atoms with Gasteiger partial charge in [0.05, 0.1) is 6.61 Å². The zero-order valence-electron chi connectivity index (χ0n) is 11.3. The van der Waals surface area contributed by atoms with E-state index in [2.05, 4.69) is 5.32 Å². The standard InChI is InChI=1S/C15H20N2O2/c1-19-10-11-5-7-17(9-11)15(18)13-2-3-14-12(8-13)4-6-16-14/h2-3,8,11,16H,4-7,9-10H2,1H3. The Morgan fingerprint density at radius 2 is 2.42 bits per heavy atom. The minimum atomic E-state index is 0.160. The van der Waals surface area contributed by atoms with E-state index in [9.17, 15) is 4.79 Å². The van der Waals surface area contributed by atoms with Crippen LogP contribution in [0.2, 0.25) is 0 Å². The second-order valence-corrected chi connectivity index (χ2v) is 5.41. The average Bonchev–Trinajstić information content (AvgIpc) is 3.05. The van der Waals surface area contributed by atoms with Crippen LogP contribution in [-0.2, 0) is 11.2 Å². The summed E-state index contributed by atoms with van der Waals surface area (Å²) in [5.41, 5.74) is 3.26. The number of fused-ring (bicyclic) bond motifs is 1. The van der Waals surface area contributed by atoms with Crippen LogP contribution in [0.3, 0.4) is 0 Å². The Hall–Kier alpha value is -1.55. The van der Waals surface area contributed by atoms with Crippen molar-refractivity contribution in [2.45, 2.75) is 12.8 Å². The van der Waals surface area contributed by atoms with Gasteiger partial charge in [-0.2, -0.15) is 0 Å². The fourth-order valence-corrected chi connectivity index (χ4v) is 3.01. The van der Waals surface area contributed by atoms with Gasteiger partial charge in [-0.15, -0.1) is 0 Å². The van der Waals surface area contributed by atoms with Crippen LogP contribution < -0.4 is 5.32 Å². The third-order valence-corrected chi connectivity index (χ3v) is 4.04. The summed E-state index contributed by atoms with van der Waals surface area (Å²) in [4.78, 5) is 14.4. The van der Waals surface area contributed by atoms with Crippen LogP contribution in [0.5, 0.6) is 0 Å². The Morgan fingerprint density at radius 1 is 1.53 bits per heavy atom. The summed E-state index contributed by atoms with van der Waals surface area (Å²) in [7, 11) is 1.72. The van der Waals surface area contributed by atoms with E-state index in [1.54, 1.807) is 7.11 Å². The molecule has 1 amide bonds. The third-order valence-electron chi connectivity index (χ3n) is 4.04. The highest BCUT2D eigenvalue weighted by atomic mass is 16.5. The third kappa shape index (κ3) is 2.45. The van der Waals surface area contributed by atoms with Gasteiger partial charge in [-0.1, -0.05) is 0 Å². The second kappa shape index (κ2) is 5.21. The number of methoxy groups -OCH3 is 1. The van der Waals surface area contributed by atoms with Gasteiger partial charge >= 0.3 is 0 Å². The fourth-order valence-electron chi connectivity index (χ4n) is 3.01. The quantitative estimate of drug-likeness (QED) is 0.900. The van der Waals surface area contributed by atoms with Crippen LogP contribution in [0.25, 0.3) is 0 Å². The summed E-state index contributed by atoms with van der Waals surface area (Å²) in [5, 5.41) is 3.32. The first kappa shape index (κ1) is 12.5. The molecule has 4 nitrogen and oxygen atoms in total. The van der Waals surface area contributed by atoms with Crippen molar-refractivity contribution in [3.63, 3.8) is 0 Å². The molecule has 1 aromatic rings. The van der Waals surface area contributed by atoms with Crippen molar-refractivity contribution >= 4 is 11.6 Å². The Balaban J connectivity index is 1.71. The van der Waals surface area contributed by atoms with Gasteiger partial charge < -0.3 is 15.0 Å². The molecule has 0 saturated carbocycles. The number of hydrogen-bond acceptors (Lipinski definition) is 3. The van der Waals surface area contributed by atoms with Gasteiger partial charge in [-0.25, -0.2) is 0 Å². The van der Waals surface area contributed by atoms with Crippen LogP contribution in [0.4, 0.5) is 5.69 Å². The predicted molar refractivity (Wildman–Crippen MR) is 74.5 cm³/mol. The molecular weight excluding hydrogens is 240 g/mol. The lowest BCUT2D eigenvalue weighted by Gasteiger charge is -2.17. The lowest BCUT2D eigenvalue weighted by Crippen LogP contribution is -2.29. The van der Waals surface area contributed by atoms with Gasteiger partial charge in [-0.3, -0.25) is 4.79 Å². The van der Waals surface area contributed by atoms with Gasteiger partial charge in [0, 0.05) is 43.9 Å². The summed E-state index contributed by atoms with van der Waals surface area (Å²) >= 11 is 0. The SMILES string of the molecule is COCC1CCN(C(=O)c2ccc3c(c2)CCN3)C1. The molecule has 4 heteroatoms. The Kier molecular flexibility index (Phi) is 3.42. The number of ether oxygens (including phenoxy) is 1. The first-order chi connectivity index (χ1) is 9.28. The summed E-state index contributed by atoms with van der Waals surface area (Å²) < 4.78 is 5.17. The smallest absolute Gasteiger partial charge is 0.253 e. The van der Waals surface area contributed by atoms with Crippen molar-refractivity contribution in [1.29, 1.82) is 0 Å². The van der Waals surface area contributed by atoms with Crippen molar-refractivity contribution in [2.24, 2.45) is 5.92 Å². The first-order valence-corrected chi connectivity index (χ1v) is 6.93. The molecule has 0 bridgehead atoms. The van der Waals surface area contributed by atoms with Crippen LogP contribution in [-0.4, -0.2) is 44.2 Å². The molecule has 1 N–H and O–H groups in total. The maximum Gasteiger partial charge on any atom is 0.253 e. The molecule has 0 aliphatic carbocycles. The van der Waals surface area contributed by atoms with Crippen molar-refractivity contribution in [3.05, 3.63) is 29.3 Å². The number of anilines is 1. The molecule has 19 heavy (non-hydrogen) atoms. The maximum atomic E-state index is 12.5. The minimum absolute atomic E-state index is 0.160. The van der Waals surface area contributed by atoms with Gasteiger partial charge in [0.25, 0.3) is 5.91 Å². The minimum Gasteiger partial charge on any atom is -0.384 e. The Morgan fingerprint density at radius 3 is 3.26 bits per heavy atom. The highest BCUT2D eigenvalue weighted by Crippen LogP contribution is 2.25. The van der Waals surface area contributed by atoms with E-state index in [-0.39, 0.29) is 5.91 Å². The van der Waals surface area contributed by atoms with E-state index in [4.69, 9.17) is 4.74 Å². The molecular formula is C15H20N2O2. The molecule has 1 unspecified atom stereocenters. The first-order valence-electron chi connectivity index (χ1n) is 6.93. The number of nitrogens with one attached hydrogen (secondary N) is 1. The highest BCUT2D eigenvalue weighted by Gasteiger charge is 2.27.